The van der Waals surface area contributed by atoms with Crippen molar-refractivity contribution < 1.29 is 0 Å². The summed E-state index contributed by atoms with van der Waals surface area (Å²) in [5.74, 6) is 0.744. The minimum Gasteiger partial charge on any atom is -0.233 e. The predicted octanol–water partition coefficient (Wildman–Crippen LogP) is 5.41. The van der Waals surface area contributed by atoms with E-state index < -0.39 is 0 Å². The molecule has 0 radical (unpaired) electrons. The van der Waals surface area contributed by atoms with Gasteiger partial charge in [-0.3, -0.25) is 0 Å². The molecule has 0 aliphatic carbocycles. The molecule has 3 rings (SSSR count). The lowest BCUT2D eigenvalue weighted by Crippen LogP contribution is -1.95. The molecule has 3 aromatic rings. The topological polar surface area (TPSA) is 25.8 Å². The minimum absolute atomic E-state index is 0.744. The van der Waals surface area contributed by atoms with Crippen molar-refractivity contribution in [3.05, 3.63) is 84.6 Å². The zero-order valence-electron chi connectivity index (χ0n) is 13.2. The zero-order valence-corrected chi connectivity index (χ0v) is 13.2. The molecule has 0 N–H and O–H groups in total. The number of aryl methyl sites for hydroxylation is 1. The standard InChI is InChI=1S/C21H18N2/c1-4-16-11-12-19(14-17(16)5-2)20-13-15(3)22-21(23-20)18-9-7-6-8-10-18/h4-14H,1-2H2,3H3. The summed E-state index contributed by atoms with van der Waals surface area (Å²) < 4.78 is 0. The Kier molecular flexibility index (Phi) is 4.15. The maximum Gasteiger partial charge on any atom is 0.160 e. The molecule has 23 heavy (non-hydrogen) atoms. The number of nitrogens with zero attached hydrogens (tertiary/aromatic N) is 2. The molecule has 0 unspecified atom stereocenters. The average molecular weight is 298 g/mol. The largest absolute Gasteiger partial charge is 0.233 e. The van der Waals surface area contributed by atoms with Crippen molar-refractivity contribution in [3.8, 4) is 22.6 Å². The second kappa shape index (κ2) is 6.41. The Labute approximate surface area is 136 Å². The molecule has 0 saturated heterocycles. The fourth-order valence-electron chi connectivity index (χ4n) is 2.53. The van der Waals surface area contributed by atoms with Gasteiger partial charge in [0, 0.05) is 16.8 Å². The Morgan fingerprint density at radius 2 is 1.52 bits per heavy atom. The molecule has 2 heteroatoms. The molecule has 0 atom stereocenters. The van der Waals surface area contributed by atoms with Crippen LogP contribution in [0.15, 0.2) is 67.8 Å². The van der Waals surface area contributed by atoms with Crippen LogP contribution in [0, 0.1) is 6.92 Å². The normalized spacial score (nSPS) is 10.3. The van der Waals surface area contributed by atoms with E-state index in [9.17, 15) is 0 Å². The molecule has 0 bridgehead atoms. The molecule has 1 aromatic heterocycles. The Morgan fingerprint density at radius 1 is 0.783 bits per heavy atom. The van der Waals surface area contributed by atoms with Gasteiger partial charge in [-0.1, -0.05) is 67.8 Å². The predicted molar refractivity (Wildman–Crippen MR) is 97.8 cm³/mol. The summed E-state index contributed by atoms with van der Waals surface area (Å²) in [4.78, 5) is 9.29. The number of aromatic nitrogens is 2. The lowest BCUT2D eigenvalue weighted by atomic mass is 10.0. The third kappa shape index (κ3) is 3.11. The van der Waals surface area contributed by atoms with E-state index in [4.69, 9.17) is 4.98 Å². The summed E-state index contributed by atoms with van der Waals surface area (Å²) in [6.45, 7) is 9.70. The van der Waals surface area contributed by atoms with Crippen LogP contribution in [-0.2, 0) is 0 Å². The summed E-state index contributed by atoms with van der Waals surface area (Å²) in [6, 6.07) is 18.2. The first kappa shape index (κ1) is 14.9. The fourth-order valence-corrected chi connectivity index (χ4v) is 2.53. The van der Waals surface area contributed by atoms with Gasteiger partial charge in [0.15, 0.2) is 5.82 Å². The van der Waals surface area contributed by atoms with Gasteiger partial charge in [0.2, 0.25) is 0 Å². The zero-order chi connectivity index (χ0) is 16.2. The molecule has 0 aliphatic heterocycles. The van der Waals surface area contributed by atoms with Gasteiger partial charge < -0.3 is 0 Å². The fraction of sp³-hybridized carbons (Fsp3) is 0.0476. The molecule has 0 saturated carbocycles. The summed E-state index contributed by atoms with van der Waals surface area (Å²) in [5.41, 5.74) is 6.04. The van der Waals surface area contributed by atoms with E-state index >= 15 is 0 Å². The van der Waals surface area contributed by atoms with E-state index in [0.29, 0.717) is 0 Å². The van der Waals surface area contributed by atoms with Crippen molar-refractivity contribution in [2.75, 3.05) is 0 Å². The molecule has 2 nitrogen and oxygen atoms in total. The van der Waals surface area contributed by atoms with E-state index in [2.05, 4.69) is 30.3 Å². The molecule has 0 spiro atoms. The molecule has 0 amide bonds. The summed E-state index contributed by atoms with van der Waals surface area (Å²) in [7, 11) is 0. The first-order valence-corrected chi connectivity index (χ1v) is 7.51. The van der Waals surface area contributed by atoms with E-state index in [1.165, 1.54) is 0 Å². The second-order valence-electron chi connectivity index (χ2n) is 5.34. The quantitative estimate of drug-likeness (QED) is 0.644. The molecular weight excluding hydrogens is 280 g/mol. The molecular formula is C21H18N2. The highest BCUT2D eigenvalue weighted by atomic mass is 14.9. The van der Waals surface area contributed by atoms with E-state index in [1.54, 1.807) is 0 Å². The summed E-state index contributed by atoms with van der Waals surface area (Å²) in [5, 5.41) is 0. The third-order valence-electron chi connectivity index (χ3n) is 3.71. The highest BCUT2D eigenvalue weighted by Crippen LogP contribution is 2.25. The van der Waals surface area contributed by atoms with Crippen molar-refractivity contribution in [2.45, 2.75) is 6.92 Å². The molecule has 2 aromatic carbocycles. The smallest absolute Gasteiger partial charge is 0.160 e. The van der Waals surface area contributed by atoms with Gasteiger partial charge in [-0.25, -0.2) is 9.97 Å². The lowest BCUT2D eigenvalue weighted by Gasteiger charge is -2.09. The van der Waals surface area contributed by atoms with Crippen LogP contribution in [0.2, 0.25) is 0 Å². The van der Waals surface area contributed by atoms with Crippen LogP contribution in [0.3, 0.4) is 0 Å². The number of hydrogen-bond acceptors (Lipinski definition) is 2. The van der Waals surface area contributed by atoms with Crippen LogP contribution in [0.25, 0.3) is 34.8 Å². The Hall–Kier alpha value is -3.00. The van der Waals surface area contributed by atoms with E-state index in [-0.39, 0.29) is 0 Å². The van der Waals surface area contributed by atoms with Gasteiger partial charge in [0.1, 0.15) is 0 Å². The van der Waals surface area contributed by atoms with Gasteiger partial charge in [0.25, 0.3) is 0 Å². The molecule has 1 heterocycles. The van der Waals surface area contributed by atoms with Crippen molar-refractivity contribution >= 4 is 12.2 Å². The summed E-state index contributed by atoms with van der Waals surface area (Å²) in [6.07, 6.45) is 3.67. The maximum atomic E-state index is 4.73. The second-order valence-corrected chi connectivity index (χ2v) is 5.34. The van der Waals surface area contributed by atoms with Crippen LogP contribution >= 0.6 is 0 Å². The first-order valence-electron chi connectivity index (χ1n) is 7.51. The monoisotopic (exact) mass is 298 g/mol. The lowest BCUT2D eigenvalue weighted by molar-refractivity contribution is 1.11. The van der Waals surface area contributed by atoms with Gasteiger partial charge in [-0.2, -0.15) is 0 Å². The Balaban J connectivity index is 2.12. The van der Waals surface area contributed by atoms with Crippen molar-refractivity contribution in [2.24, 2.45) is 0 Å². The van der Waals surface area contributed by atoms with Crippen molar-refractivity contribution in [1.82, 2.24) is 9.97 Å². The van der Waals surface area contributed by atoms with Gasteiger partial charge in [-0.15, -0.1) is 0 Å². The van der Waals surface area contributed by atoms with Crippen molar-refractivity contribution in [1.29, 1.82) is 0 Å². The highest BCUT2D eigenvalue weighted by molar-refractivity contribution is 5.72. The third-order valence-corrected chi connectivity index (χ3v) is 3.71. The van der Waals surface area contributed by atoms with Crippen LogP contribution in [0.1, 0.15) is 16.8 Å². The maximum absolute atomic E-state index is 4.73. The first-order chi connectivity index (χ1) is 11.2. The average Bonchev–Trinajstić information content (AvgIpc) is 2.61. The number of benzene rings is 2. The van der Waals surface area contributed by atoms with Gasteiger partial charge in [-0.05, 0) is 30.2 Å². The van der Waals surface area contributed by atoms with Crippen LogP contribution in [0.5, 0.6) is 0 Å². The van der Waals surface area contributed by atoms with E-state index in [1.807, 2.05) is 61.5 Å². The SMILES string of the molecule is C=Cc1ccc(-c2cc(C)nc(-c3ccccc3)n2)cc1C=C. The van der Waals surface area contributed by atoms with Crippen LogP contribution in [0.4, 0.5) is 0 Å². The van der Waals surface area contributed by atoms with Gasteiger partial charge in [0.05, 0.1) is 5.69 Å². The summed E-state index contributed by atoms with van der Waals surface area (Å²) >= 11 is 0. The Morgan fingerprint density at radius 3 is 2.22 bits per heavy atom. The van der Waals surface area contributed by atoms with Gasteiger partial charge >= 0.3 is 0 Å². The van der Waals surface area contributed by atoms with Crippen LogP contribution < -0.4 is 0 Å². The highest BCUT2D eigenvalue weighted by Gasteiger charge is 2.08. The van der Waals surface area contributed by atoms with Crippen LogP contribution in [-0.4, -0.2) is 9.97 Å². The number of hydrogen-bond donors (Lipinski definition) is 0. The minimum atomic E-state index is 0.744. The van der Waals surface area contributed by atoms with Crippen molar-refractivity contribution in [3.63, 3.8) is 0 Å². The molecule has 0 aliphatic rings. The number of rotatable bonds is 4. The Bertz CT molecular complexity index is 864. The van der Waals surface area contributed by atoms with E-state index in [0.717, 1.165) is 39.5 Å². The molecule has 112 valence electrons. The molecule has 0 fully saturated rings.